The maximum Gasteiger partial charge on any atom is 0.337 e. The minimum atomic E-state index is -0.352. The molecule has 1 saturated heterocycles. The van der Waals surface area contributed by atoms with Gasteiger partial charge in [0, 0.05) is 0 Å². The fraction of sp³-hybridized carbons (Fsp3) is 0.273. The van der Waals surface area contributed by atoms with Crippen LogP contribution in [-0.4, -0.2) is 24.7 Å². The van der Waals surface area contributed by atoms with Crippen LogP contribution in [0.4, 0.5) is 0 Å². The number of thioether (sulfide) groups is 1. The van der Waals surface area contributed by atoms with Crippen LogP contribution in [0.15, 0.2) is 24.3 Å². The molecule has 1 N–H and O–H groups in total. The van der Waals surface area contributed by atoms with Gasteiger partial charge in [-0.2, -0.15) is 0 Å². The van der Waals surface area contributed by atoms with E-state index in [-0.39, 0.29) is 17.3 Å². The average Bonchev–Trinajstić information content (AvgIpc) is 2.75. The lowest BCUT2D eigenvalue weighted by Gasteiger charge is -2.09. The van der Waals surface area contributed by atoms with Gasteiger partial charge in [0.25, 0.3) is 0 Å². The van der Waals surface area contributed by atoms with E-state index in [1.165, 1.54) is 7.11 Å². The molecule has 2 rings (SSSR count). The van der Waals surface area contributed by atoms with Crippen LogP contribution in [0.25, 0.3) is 0 Å². The molecule has 5 heteroatoms. The lowest BCUT2D eigenvalue weighted by Crippen LogP contribution is -2.18. The summed E-state index contributed by atoms with van der Waals surface area (Å²) in [5.41, 5.74) is 1.50. The summed E-state index contributed by atoms with van der Waals surface area (Å²) < 4.78 is 4.60. The summed E-state index contributed by atoms with van der Waals surface area (Å²) in [5, 5.41) is 2.84. The minimum Gasteiger partial charge on any atom is -0.465 e. The molecule has 1 aliphatic rings. The summed E-state index contributed by atoms with van der Waals surface area (Å²) in [6.07, 6.45) is 0. The number of rotatable bonds is 2. The first-order valence-electron chi connectivity index (χ1n) is 4.80. The van der Waals surface area contributed by atoms with E-state index in [0.29, 0.717) is 11.3 Å². The van der Waals surface area contributed by atoms with Gasteiger partial charge in [-0.05, 0) is 17.7 Å². The maximum absolute atomic E-state index is 11.2. The standard InChI is InChI=1S/C11H11NO3S/c1-15-11(14)8-4-2-7(3-5-8)10-12-9(13)6-16-10/h2-5,10H,6H2,1H3,(H,12,13)/t10-/m0/s1. The Morgan fingerprint density at radius 1 is 1.44 bits per heavy atom. The summed E-state index contributed by atoms with van der Waals surface area (Å²) in [7, 11) is 1.35. The van der Waals surface area contributed by atoms with Crippen molar-refractivity contribution >= 4 is 23.6 Å². The highest BCUT2D eigenvalue weighted by molar-refractivity contribution is 8.00. The van der Waals surface area contributed by atoms with Gasteiger partial charge in [0.2, 0.25) is 5.91 Å². The Balaban J connectivity index is 2.13. The number of hydrogen-bond acceptors (Lipinski definition) is 4. The fourth-order valence-corrected chi connectivity index (χ4v) is 2.45. The first-order valence-corrected chi connectivity index (χ1v) is 5.85. The van der Waals surface area contributed by atoms with Crippen molar-refractivity contribution < 1.29 is 14.3 Å². The highest BCUT2D eigenvalue weighted by Crippen LogP contribution is 2.30. The highest BCUT2D eigenvalue weighted by atomic mass is 32.2. The van der Waals surface area contributed by atoms with Crippen LogP contribution >= 0.6 is 11.8 Å². The molecule has 0 unspecified atom stereocenters. The van der Waals surface area contributed by atoms with Gasteiger partial charge >= 0.3 is 5.97 Å². The average molecular weight is 237 g/mol. The molecule has 1 atom stereocenters. The van der Waals surface area contributed by atoms with Crippen molar-refractivity contribution in [1.29, 1.82) is 0 Å². The fourth-order valence-electron chi connectivity index (χ4n) is 1.48. The number of methoxy groups -OCH3 is 1. The Hall–Kier alpha value is -1.49. The zero-order valence-electron chi connectivity index (χ0n) is 8.73. The number of ether oxygens (including phenoxy) is 1. The molecule has 1 amide bonds. The Bertz CT molecular complexity index is 416. The molecule has 0 aliphatic carbocycles. The van der Waals surface area contributed by atoms with Crippen LogP contribution in [0, 0.1) is 0 Å². The van der Waals surface area contributed by atoms with Crippen molar-refractivity contribution in [3.05, 3.63) is 35.4 Å². The number of esters is 1. The van der Waals surface area contributed by atoms with Gasteiger partial charge < -0.3 is 10.1 Å². The Kier molecular flexibility index (Phi) is 3.14. The summed E-state index contributed by atoms with van der Waals surface area (Å²) in [4.78, 5) is 22.2. The number of carbonyl (C=O) groups excluding carboxylic acids is 2. The normalized spacial score (nSPS) is 19.3. The predicted octanol–water partition coefficient (Wildman–Crippen LogP) is 1.33. The number of benzene rings is 1. The second-order valence-electron chi connectivity index (χ2n) is 3.37. The summed E-state index contributed by atoms with van der Waals surface area (Å²) in [5.74, 6) is 0.186. The predicted molar refractivity (Wildman–Crippen MR) is 61.1 cm³/mol. The van der Waals surface area contributed by atoms with Gasteiger partial charge in [0.1, 0.15) is 5.37 Å². The molecule has 0 bridgehead atoms. The Morgan fingerprint density at radius 3 is 2.62 bits per heavy atom. The van der Waals surface area contributed by atoms with Crippen molar-refractivity contribution in [2.45, 2.75) is 5.37 Å². The molecule has 0 aromatic heterocycles. The molecule has 1 aromatic rings. The minimum absolute atomic E-state index is 0.000744. The Labute approximate surface area is 97.4 Å². The van der Waals surface area contributed by atoms with Crippen LogP contribution in [0.3, 0.4) is 0 Å². The molecule has 0 spiro atoms. The van der Waals surface area contributed by atoms with Gasteiger partial charge in [-0.3, -0.25) is 4.79 Å². The highest BCUT2D eigenvalue weighted by Gasteiger charge is 2.22. The van der Waals surface area contributed by atoms with E-state index in [0.717, 1.165) is 5.56 Å². The van der Waals surface area contributed by atoms with Crippen molar-refractivity contribution in [1.82, 2.24) is 5.32 Å². The summed E-state index contributed by atoms with van der Waals surface area (Å²) >= 11 is 1.55. The largest absolute Gasteiger partial charge is 0.465 e. The molecule has 1 aliphatic heterocycles. The molecular weight excluding hydrogens is 226 g/mol. The van der Waals surface area contributed by atoms with E-state index in [2.05, 4.69) is 10.1 Å². The van der Waals surface area contributed by atoms with Crippen molar-refractivity contribution in [2.75, 3.05) is 12.9 Å². The number of carbonyl (C=O) groups is 2. The first-order chi connectivity index (χ1) is 7.70. The molecule has 0 saturated carbocycles. The molecule has 1 heterocycles. The van der Waals surface area contributed by atoms with Crippen LogP contribution in [0.1, 0.15) is 21.3 Å². The molecule has 16 heavy (non-hydrogen) atoms. The molecule has 4 nitrogen and oxygen atoms in total. The Morgan fingerprint density at radius 2 is 2.12 bits per heavy atom. The van der Waals surface area contributed by atoms with E-state index in [1.807, 2.05) is 12.1 Å². The molecule has 84 valence electrons. The second kappa shape index (κ2) is 4.57. The zero-order valence-corrected chi connectivity index (χ0v) is 9.54. The molecular formula is C11H11NO3S. The van der Waals surface area contributed by atoms with Crippen LogP contribution in [0.2, 0.25) is 0 Å². The number of hydrogen-bond donors (Lipinski definition) is 1. The van der Waals surface area contributed by atoms with E-state index in [1.54, 1.807) is 23.9 Å². The van der Waals surface area contributed by atoms with Gasteiger partial charge in [-0.15, -0.1) is 11.8 Å². The number of nitrogens with one attached hydrogen (secondary N) is 1. The third-order valence-corrected chi connectivity index (χ3v) is 3.46. The monoisotopic (exact) mass is 237 g/mol. The molecule has 1 fully saturated rings. The van der Waals surface area contributed by atoms with E-state index >= 15 is 0 Å². The van der Waals surface area contributed by atoms with Gasteiger partial charge in [-0.1, -0.05) is 12.1 Å². The molecule has 1 aromatic carbocycles. The van der Waals surface area contributed by atoms with E-state index in [4.69, 9.17) is 0 Å². The van der Waals surface area contributed by atoms with Gasteiger partial charge in [-0.25, -0.2) is 4.79 Å². The smallest absolute Gasteiger partial charge is 0.337 e. The first kappa shape index (κ1) is 11.0. The van der Waals surface area contributed by atoms with Crippen molar-refractivity contribution in [3.63, 3.8) is 0 Å². The van der Waals surface area contributed by atoms with Gasteiger partial charge in [0.05, 0.1) is 18.4 Å². The zero-order chi connectivity index (χ0) is 11.5. The SMILES string of the molecule is COC(=O)c1ccc([C@H]2NC(=O)CS2)cc1. The van der Waals surface area contributed by atoms with Crippen LogP contribution < -0.4 is 5.32 Å². The third kappa shape index (κ3) is 2.19. The summed E-state index contributed by atoms with van der Waals surface area (Å²) in [6, 6.07) is 7.06. The topological polar surface area (TPSA) is 55.4 Å². The maximum atomic E-state index is 11.2. The van der Waals surface area contributed by atoms with E-state index in [9.17, 15) is 9.59 Å². The third-order valence-electron chi connectivity index (χ3n) is 2.31. The molecule has 0 radical (unpaired) electrons. The number of amides is 1. The van der Waals surface area contributed by atoms with Gasteiger partial charge in [0.15, 0.2) is 0 Å². The lowest BCUT2D eigenvalue weighted by molar-refractivity contribution is -0.118. The second-order valence-corrected chi connectivity index (χ2v) is 4.47. The quantitative estimate of drug-likeness (QED) is 0.788. The van der Waals surface area contributed by atoms with Crippen LogP contribution in [-0.2, 0) is 9.53 Å². The van der Waals surface area contributed by atoms with Crippen LogP contribution in [0.5, 0.6) is 0 Å². The van der Waals surface area contributed by atoms with Crippen molar-refractivity contribution in [2.24, 2.45) is 0 Å². The van der Waals surface area contributed by atoms with Crippen molar-refractivity contribution in [3.8, 4) is 0 Å². The lowest BCUT2D eigenvalue weighted by atomic mass is 10.1. The van der Waals surface area contributed by atoms with E-state index < -0.39 is 0 Å². The summed E-state index contributed by atoms with van der Waals surface area (Å²) in [6.45, 7) is 0.